The van der Waals surface area contributed by atoms with Crippen LogP contribution in [0.3, 0.4) is 0 Å². The number of H-pyrrole nitrogens is 1. The number of piperidine rings is 1. The molecular formula is C16H24N6O3S2. The van der Waals surface area contributed by atoms with Crippen LogP contribution in [0.25, 0.3) is 0 Å². The Labute approximate surface area is 163 Å². The van der Waals surface area contributed by atoms with Crippen molar-refractivity contribution in [2.24, 2.45) is 7.05 Å². The molecule has 0 spiro atoms. The van der Waals surface area contributed by atoms with Crippen LogP contribution in [0.2, 0.25) is 0 Å². The summed E-state index contributed by atoms with van der Waals surface area (Å²) in [6.45, 7) is 3.82. The van der Waals surface area contributed by atoms with Crippen molar-refractivity contribution >= 4 is 28.1 Å². The average Bonchev–Trinajstić information content (AvgIpc) is 3.23. The predicted octanol–water partition coefficient (Wildman–Crippen LogP) is 1.40. The molecule has 9 nitrogen and oxygen atoms in total. The van der Waals surface area contributed by atoms with Gasteiger partial charge >= 0.3 is 0 Å². The number of hydrogen-bond acceptors (Lipinski definition) is 5. The molecule has 1 amide bonds. The van der Waals surface area contributed by atoms with Crippen LogP contribution in [-0.4, -0.2) is 51.1 Å². The molecule has 27 heavy (non-hydrogen) atoms. The van der Waals surface area contributed by atoms with Crippen molar-refractivity contribution in [3.8, 4) is 0 Å². The Morgan fingerprint density at radius 1 is 1.33 bits per heavy atom. The minimum absolute atomic E-state index is 0.147. The van der Waals surface area contributed by atoms with Crippen molar-refractivity contribution in [2.75, 3.05) is 13.1 Å². The lowest BCUT2D eigenvalue weighted by atomic mass is 10.2. The van der Waals surface area contributed by atoms with Gasteiger partial charge in [-0.15, -0.1) is 0 Å². The van der Waals surface area contributed by atoms with Crippen molar-refractivity contribution in [1.82, 2.24) is 29.0 Å². The standard InChI is InChI=1S/C16H24N6O3S2/c1-3-22-14(18-19-16(22)26)10-17-15(23)13-9-12(11-20(13)2)27(24,25)21-7-5-4-6-8-21/h9,11H,3-8,10H2,1-2H3,(H,17,23)(H,19,26). The molecule has 2 aromatic heterocycles. The van der Waals surface area contributed by atoms with Crippen LogP contribution < -0.4 is 5.32 Å². The molecule has 11 heteroatoms. The number of nitrogens with one attached hydrogen (secondary N) is 2. The van der Waals surface area contributed by atoms with Crippen LogP contribution in [-0.2, 0) is 30.2 Å². The van der Waals surface area contributed by atoms with Crippen molar-refractivity contribution in [2.45, 2.75) is 44.2 Å². The van der Waals surface area contributed by atoms with Crippen molar-refractivity contribution < 1.29 is 13.2 Å². The summed E-state index contributed by atoms with van der Waals surface area (Å²) in [5.41, 5.74) is 0.280. The topological polar surface area (TPSA) is 105 Å². The quantitative estimate of drug-likeness (QED) is 0.698. The highest BCUT2D eigenvalue weighted by molar-refractivity contribution is 7.89. The molecule has 1 saturated heterocycles. The summed E-state index contributed by atoms with van der Waals surface area (Å²) in [5.74, 6) is 0.250. The van der Waals surface area contributed by atoms with Gasteiger partial charge in [0.15, 0.2) is 10.6 Å². The highest BCUT2D eigenvalue weighted by Gasteiger charge is 2.28. The Kier molecular flexibility index (Phi) is 5.82. The minimum atomic E-state index is -3.57. The average molecular weight is 413 g/mol. The van der Waals surface area contributed by atoms with Gasteiger partial charge in [0.1, 0.15) is 10.6 Å². The van der Waals surface area contributed by atoms with Crippen LogP contribution in [0.4, 0.5) is 0 Å². The molecule has 0 atom stereocenters. The van der Waals surface area contributed by atoms with Crippen LogP contribution in [0.15, 0.2) is 17.2 Å². The number of aromatic nitrogens is 4. The van der Waals surface area contributed by atoms with E-state index in [1.54, 1.807) is 11.6 Å². The monoisotopic (exact) mass is 412 g/mol. The third-order valence-electron chi connectivity index (χ3n) is 4.73. The second-order valence-electron chi connectivity index (χ2n) is 6.51. The van der Waals surface area contributed by atoms with Gasteiger partial charge in [0.2, 0.25) is 10.0 Å². The molecule has 0 unspecified atom stereocenters. The first-order chi connectivity index (χ1) is 12.8. The summed E-state index contributed by atoms with van der Waals surface area (Å²) in [6, 6.07) is 1.43. The Morgan fingerprint density at radius 2 is 2.04 bits per heavy atom. The first-order valence-corrected chi connectivity index (χ1v) is 10.8. The first kappa shape index (κ1) is 19.8. The zero-order valence-corrected chi connectivity index (χ0v) is 17.1. The molecule has 0 saturated carbocycles. The maximum Gasteiger partial charge on any atom is 0.268 e. The van der Waals surface area contributed by atoms with E-state index in [4.69, 9.17) is 12.2 Å². The summed E-state index contributed by atoms with van der Waals surface area (Å²) in [5, 5.41) is 9.57. The SMILES string of the molecule is CCn1c(CNC(=O)c2cc(S(=O)(=O)N3CCCCC3)cn2C)n[nH]c1=S. The molecule has 0 bridgehead atoms. The van der Waals surface area contributed by atoms with E-state index in [-0.39, 0.29) is 23.0 Å². The molecule has 3 rings (SSSR count). The molecular weight excluding hydrogens is 388 g/mol. The zero-order chi connectivity index (χ0) is 19.6. The number of aromatic amines is 1. The van der Waals surface area contributed by atoms with E-state index >= 15 is 0 Å². The second-order valence-corrected chi connectivity index (χ2v) is 8.83. The largest absolute Gasteiger partial charge is 0.345 e. The normalized spacial score (nSPS) is 15.8. The number of hydrogen-bond donors (Lipinski definition) is 2. The van der Waals surface area contributed by atoms with Crippen LogP contribution in [0, 0.1) is 4.77 Å². The highest BCUT2D eigenvalue weighted by Crippen LogP contribution is 2.22. The lowest BCUT2D eigenvalue weighted by Gasteiger charge is -2.25. The fourth-order valence-corrected chi connectivity index (χ4v) is 5.09. The fourth-order valence-electron chi connectivity index (χ4n) is 3.22. The number of amides is 1. The van der Waals surface area contributed by atoms with Crippen LogP contribution in [0.1, 0.15) is 42.5 Å². The zero-order valence-electron chi connectivity index (χ0n) is 15.4. The highest BCUT2D eigenvalue weighted by atomic mass is 32.2. The van der Waals surface area contributed by atoms with Gasteiger partial charge in [-0.3, -0.25) is 9.89 Å². The van der Waals surface area contributed by atoms with Gasteiger partial charge in [-0.1, -0.05) is 6.42 Å². The van der Waals surface area contributed by atoms with E-state index in [0.717, 1.165) is 19.3 Å². The molecule has 2 aromatic rings. The number of rotatable bonds is 6. The summed E-state index contributed by atoms with van der Waals surface area (Å²) < 4.78 is 30.9. The lowest BCUT2D eigenvalue weighted by Crippen LogP contribution is -2.35. The van der Waals surface area contributed by atoms with Gasteiger partial charge in [-0.05, 0) is 38.0 Å². The lowest BCUT2D eigenvalue weighted by molar-refractivity contribution is 0.0941. The van der Waals surface area contributed by atoms with E-state index in [0.29, 0.717) is 30.2 Å². The van der Waals surface area contributed by atoms with Gasteiger partial charge in [0.25, 0.3) is 5.91 Å². The summed E-state index contributed by atoms with van der Waals surface area (Å²) in [6.07, 6.45) is 4.27. The predicted molar refractivity (Wildman–Crippen MR) is 102 cm³/mol. The van der Waals surface area contributed by atoms with Crippen LogP contribution in [0.5, 0.6) is 0 Å². The molecule has 0 aliphatic carbocycles. The van der Waals surface area contributed by atoms with Gasteiger partial charge in [-0.25, -0.2) is 8.42 Å². The maximum atomic E-state index is 12.8. The maximum absolute atomic E-state index is 12.8. The molecule has 1 aliphatic rings. The van der Waals surface area contributed by atoms with Crippen LogP contribution >= 0.6 is 12.2 Å². The third-order valence-corrected chi connectivity index (χ3v) is 6.90. The van der Waals surface area contributed by atoms with Crippen molar-refractivity contribution in [3.63, 3.8) is 0 Å². The van der Waals surface area contributed by atoms with Gasteiger partial charge < -0.3 is 14.5 Å². The number of aryl methyl sites for hydroxylation is 1. The molecule has 3 heterocycles. The molecule has 0 aromatic carbocycles. The van der Waals surface area contributed by atoms with Gasteiger partial charge in [-0.2, -0.15) is 9.40 Å². The Morgan fingerprint density at radius 3 is 2.70 bits per heavy atom. The Balaban J connectivity index is 1.75. The van der Waals surface area contributed by atoms with Crippen molar-refractivity contribution in [1.29, 1.82) is 0 Å². The number of carbonyl (C=O) groups excluding carboxylic acids is 1. The fraction of sp³-hybridized carbons (Fsp3) is 0.562. The number of carbonyl (C=O) groups is 1. The summed E-state index contributed by atoms with van der Waals surface area (Å²) >= 11 is 5.13. The van der Waals surface area contributed by atoms with Gasteiger partial charge in [0, 0.05) is 32.9 Å². The number of nitrogens with zero attached hydrogens (tertiary/aromatic N) is 4. The third kappa shape index (κ3) is 3.99. The summed E-state index contributed by atoms with van der Waals surface area (Å²) in [7, 11) is -1.92. The molecule has 1 aliphatic heterocycles. The molecule has 2 N–H and O–H groups in total. The smallest absolute Gasteiger partial charge is 0.268 e. The Hall–Kier alpha value is -1.98. The van der Waals surface area contributed by atoms with E-state index in [2.05, 4.69) is 15.5 Å². The minimum Gasteiger partial charge on any atom is -0.345 e. The van der Waals surface area contributed by atoms with Gasteiger partial charge in [0.05, 0.1) is 6.54 Å². The van der Waals surface area contributed by atoms with E-state index in [9.17, 15) is 13.2 Å². The Bertz CT molecular complexity index is 982. The van der Waals surface area contributed by atoms with E-state index < -0.39 is 10.0 Å². The first-order valence-electron chi connectivity index (χ1n) is 8.93. The number of sulfonamides is 1. The summed E-state index contributed by atoms with van der Waals surface area (Å²) in [4.78, 5) is 12.7. The molecule has 0 radical (unpaired) electrons. The van der Waals surface area contributed by atoms with E-state index in [1.165, 1.54) is 21.1 Å². The van der Waals surface area contributed by atoms with E-state index in [1.807, 2.05) is 6.92 Å². The van der Waals surface area contributed by atoms with Crippen molar-refractivity contribution in [3.05, 3.63) is 28.6 Å². The molecule has 1 fully saturated rings. The second kappa shape index (κ2) is 7.95. The molecule has 148 valence electrons.